The molecule has 0 bridgehead atoms. The number of aromatic hydroxyl groups is 1. The van der Waals surface area contributed by atoms with Crippen molar-refractivity contribution in [2.45, 2.75) is 13.8 Å². The summed E-state index contributed by atoms with van der Waals surface area (Å²) in [5.41, 5.74) is -0.377. The predicted octanol–water partition coefficient (Wildman–Crippen LogP) is 3.72. The van der Waals surface area contributed by atoms with Gasteiger partial charge in [-0.25, -0.2) is 9.59 Å². The monoisotopic (exact) mass is 352 g/mol. The zero-order valence-electron chi connectivity index (χ0n) is 11.7. The molecule has 0 aliphatic heterocycles. The van der Waals surface area contributed by atoms with Crippen LogP contribution in [0.15, 0.2) is 6.07 Å². The number of hydrogen-bond acceptors (Lipinski definition) is 6. The topological polar surface area (TPSA) is 106 Å². The molecule has 1 rings (SSSR count). The van der Waals surface area contributed by atoms with Gasteiger partial charge in [-0.3, -0.25) is 10.6 Å². The normalized spacial score (nSPS) is 9.82. The number of phenolic OH excluding ortho intramolecular Hbond substituents is 1. The van der Waals surface area contributed by atoms with Gasteiger partial charge in [0.15, 0.2) is 5.75 Å². The van der Waals surface area contributed by atoms with E-state index in [1.807, 2.05) is 0 Å². The van der Waals surface area contributed by atoms with Crippen molar-refractivity contribution in [3.05, 3.63) is 11.1 Å². The van der Waals surface area contributed by atoms with Crippen molar-refractivity contribution in [1.82, 2.24) is 0 Å². The Balaban J connectivity index is 3.26. The Labute approximate surface area is 136 Å². The Morgan fingerprint density at radius 3 is 2.09 bits per heavy atom. The highest BCUT2D eigenvalue weighted by Crippen LogP contribution is 2.45. The summed E-state index contributed by atoms with van der Waals surface area (Å²) in [4.78, 5) is 23.1. The minimum absolute atomic E-state index is 0.0892. The number of hydrogen-bond donors (Lipinski definition) is 3. The second kappa shape index (κ2) is 8.40. The lowest BCUT2D eigenvalue weighted by Crippen LogP contribution is -2.18. The van der Waals surface area contributed by atoms with Gasteiger partial charge in [0.25, 0.3) is 0 Å². The van der Waals surface area contributed by atoms with Gasteiger partial charge in [0.1, 0.15) is 29.0 Å². The molecule has 0 aromatic heterocycles. The van der Waals surface area contributed by atoms with Crippen molar-refractivity contribution in [3.63, 3.8) is 0 Å². The van der Waals surface area contributed by atoms with Crippen LogP contribution in [-0.2, 0) is 9.47 Å². The Hall–Kier alpha value is -2.06. The van der Waals surface area contributed by atoms with Gasteiger partial charge in [-0.2, -0.15) is 0 Å². The quantitative estimate of drug-likeness (QED) is 0.697. The van der Waals surface area contributed by atoms with Gasteiger partial charge in [0.2, 0.25) is 0 Å². The summed E-state index contributed by atoms with van der Waals surface area (Å²) in [5, 5.41) is 14.3. The average molecular weight is 353 g/mol. The van der Waals surface area contributed by atoms with E-state index >= 15 is 0 Å². The number of benzene rings is 1. The molecule has 1 aromatic rings. The molecule has 8 nitrogen and oxygen atoms in total. The summed E-state index contributed by atoms with van der Waals surface area (Å²) in [6, 6.07) is 1.08. The standard InChI is InChI=1S/C12H14Cl2N2O6/c1-3-20-11(18)15-8-7(17)5-6(13)10(22-14)9(8)16-12(19)21-4-2/h5,17H,3-4H2,1-2H3,(H,15,18)(H,16,19). The van der Waals surface area contributed by atoms with Gasteiger partial charge >= 0.3 is 12.2 Å². The van der Waals surface area contributed by atoms with Crippen molar-refractivity contribution in [1.29, 1.82) is 0 Å². The molecule has 0 heterocycles. The summed E-state index contributed by atoms with van der Waals surface area (Å²) >= 11 is 11.2. The van der Waals surface area contributed by atoms with E-state index in [0.717, 1.165) is 6.07 Å². The number of carbonyl (C=O) groups is 2. The molecular weight excluding hydrogens is 339 g/mol. The van der Waals surface area contributed by atoms with Gasteiger partial charge in [-0.05, 0) is 13.8 Å². The largest absolute Gasteiger partial charge is 0.506 e. The third-order valence-corrected chi connectivity index (χ3v) is 2.73. The third-order valence-electron chi connectivity index (χ3n) is 2.30. The van der Waals surface area contributed by atoms with E-state index in [0.29, 0.717) is 0 Å². The number of carbonyl (C=O) groups excluding carboxylic acids is 2. The zero-order valence-corrected chi connectivity index (χ0v) is 13.2. The number of halogens is 2. The molecule has 3 N–H and O–H groups in total. The highest BCUT2D eigenvalue weighted by atomic mass is 35.5. The molecule has 0 aliphatic rings. The molecular formula is C12H14Cl2N2O6. The molecule has 10 heteroatoms. The van der Waals surface area contributed by atoms with E-state index in [4.69, 9.17) is 32.9 Å². The highest BCUT2D eigenvalue weighted by Gasteiger charge is 2.23. The van der Waals surface area contributed by atoms with Crippen molar-refractivity contribution in [2.24, 2.45) is 0 Å². The van der Waals surface area contributed by atoms with Crippen LogP contribution in [0.2, 0.25) is 5.02 Å². The minimum atomic E-state index is -0.856. The fraction of sp³-hybridized carbons (Fsp3) is 0.333. The first-order valence-electron chi connectivity index (χ1n) is 6.16. The van der Waals surface area contributed by atoms with Crippen LogP contribution in [0.5, 0.6) is 11.5 Å². The van der Waals surface area contributed by atoms with Gasteiger partial charge in [0, 0.05) is 6.07 Å². The van der Waals surface area contributed by atoms with Crippen LogP contribution in [0.25, 0.3) is 0 Å². The predicted molar refractivity (Wildman–Crippen MR) is 80.9 cm³/mol. The van der Waals surface area contributed by atoms with Crippen LogP contribution in [0.4, 0.5) is 21.0 Å². The molecule has 22 heavy (non-hydrogen) atoms. The molecule has 0 radical (unpaired) electrons. The average Bonchev–Trinajstić information content (AvgIpc) is 2.43. The van der Waals surface area contributed by atoms with Gasteiger partial charge in [0.05, 0.1) is 18.2 Å². The molecule has 2 amide bonds. The van der Waals surface area contributed by atoms with Crippen LogP contribution in [0.1, 0.15) is 13.8 Å². The van der Waals surface area contributed by atoms with Crippen molar-refractivity contribution in [2.75, 3.05) is 23.8 Å². The first kappa shape index (κ1) is 18.0. The maximum Gasteiger partial charge on any atom is 0.411 e. The summed E-state index contributed by atoms with van der Waals surface area (Å²) in [5.74, 6) is -0.608. The van der Waals surface area contributed by atoms with E-state index in [9.17, 15) is 14.7 Å². The number of amides is 2. The smallest absolute Gasteiger partial charge is 0.411 e. The maximum atomic E-state index is 11.6. The Bertz CT molecular complexity index is 567. The van der Waals surface area contributed by atoms with E-state index in [1.165, 1.54) is 0 Å². The Kier molecular flexibility index (Phi) is 6.87. The SMILES string of the molecule is CCOC(=O)Nc1c(O)cc(Cl)c(OCl)c1NC(=O)OCC. The first-order valence-corrected chi connectivity index (χ1v) is 6.84. The van der Waals surface area contributed by atoms with Crippen LogP contribution in [0, 0.1) is 0 Å². The molecule has 0 aliphatic carbocycles. The fourth-order valence-electron chi connectivity index (χ4n) is 1.48. The zero-order chi connectivity index (χ0) is 16.7. The molecule has 0 fully saturated rings. The number of phenols is 1. The van der Waals surface area contributed by atoms with Gasteiger partial charge in [-0.15, -0.1) is 0 Å². The lowest BCUT2D eigenvalue weighted by molar-refractivity contribution is 0.166. The number of rotatable bonds is 5. The van der Waals surface area contributed by atoms with E-state index in [2.05, 4.69) is 14.9 Å². The van der Waals surface area contributed by atoms with E-state index in [-0.39, 0.29) is 35.4 Å². The minimum Gasteiger partial charge on any atom is -0.506 e. The molecule has 1 aromatic carbocycles. The van der Waals surface area contributed by atoms with Crippen LogP contribution in [-0.4, -0.2) is 30.5 Å². The van der Waals surface area contributed by atoms with E-state index in [1.54, 1.807) is 13.8 Å². The summed E-state index contributed by atoms with van der Waals surface area (Å²) in [6.07, 6.45) is -1.71. The molecule has 0 unspecified atom stereocenters. The van der Waals surface area contributed by atoms with Crippen molar-refractivity contribution < 1.29 is 28.5 Å². The van der Waals surface area contributed by atoms with Gasteiger partial charge < -0.3 is 18.9 Å². The van der Waals surface area contributed by atoms with Crippen LogP contribution in [0.3, 0.4) is 0 Å². The fourth-order valence-corrected chi connectivity index (χ4v) is 1.91. The number of ether oxygens (including phenoxy) is 2. The lowest BCUT2D eigenvalue weighted by atomic mass is 10.2. The number of anilines is 2. The molecule has 0 atom stereocenters. The van der Waals surface area contributed by atoms with Crippen LogP contribution >= 0.6 is 23.5 Å². The highest BCUT2D eigenvalue weighted by molar-refractivity contribution is 6.34. The molecule has 0 spiro atoms. The maximum absolute atomic E-state index is 11.6. The molecule has 122 valence electrons. The molecule has 0 saturated heterocycles. The lowest BCUT2D eigenvalue weighted by Gasteiger charge is -2.16. The van der Waals surface area contributed by atoms with Crippen LogP contribution < -0.4 is 14.9 Å². The summed E-state index contributed by atoms with van der Waals surface area (Å²) < 4.78 is 14.0. The van der Waals surface area contributed by atoms with Gasteiger partial charge in [-0.1, -0.05) is 11.6 Å². The Morgan fingerprint density at radius 2 is 1.64 bits per heavy atom. The van der Waals surface area contributed by atoms with Crippen molar-refractivity contribution >= 4 is 47.0 Å². The summed E-state index contributed by atoms with van der Waals surface area (Å²) in [6.45, 7) is 3.42. The third kappa shape index (κ3) is 4.47. The number of nitrogens with one attached hydrogen (secondary N) is 2. The van der Waals surface area contributed by atoms with Crippen molar-refractivity contribution in [3.8, 4) is 11.5 Å². The Morgan fingerprint density at radius 1 is 1.14 bits per heavy atom. The summed E-state index contributed by atoms with van der Waals surface area (Å²) in [7, 11) is 0. The first-order chi connectivity index (χ1) is 10.4. The molecule has 0 saturated carbocycles. The second-order valence-electron chi connectivity index (χ2n) is 3.72. The van der Waals surface area contributed by atoms with E-state index < -0.39 is 17.9 Å². The second-order valence-corrected chi connectivity index (χ2v) is 4.29.